The molecule has 1 aliphatic carbocycles. The Bertz CT molecular complexity index is 517. The Balaban J connectivity index is 2.05. The first kappa shape index (κ1) is 15.4. The third-order valence-electron chi connectivity index (χ3n) is 3.58. The first-order chi connectivity index (χ1) is 10.0. The van der Waals surface area contributed by atoms with Gasteiger partial charge in [-0.2, -0.15) is 0 Å². The lowest BCUT2D eigenvalue weighted by Gasteiger charge is -2.17. The van der Waals surface area contributed by atoms with Gasteiger partial charge in [-0.25, -0.2) is 4.39 Å². The number of anilines is 1. The van der Waals surface area contributed by atoms with E-state index in [2.05, 4.69) is 5.32 Å². The number of hydrogen-bond acceptors (Lipinski definition) is 4. The fourth-order valence-electron chi connectivity index (χ4n) is 2.58. The van der Waals surface area contributed by atoms with E-state index < -0.39 is 29.7 Å². The third kappa shape index (κ3) is 3.78. The van der Waals surface area contributed by atoms with E-state index in [-0.39, 0.29) is 25.4 Å². The molecule has 5 nitrogen and oxygen atoms in total. The molecular formula is C15H18FNO4. The van der Waals surface area contributed by atoms with E-state index in [1.54, 1.807) is 6.92 Å². The lowest BCUT2D eigenvalue weighted by atomic mass is 9.95. The summed E-state index contributed by atoms with van der Waals surface area (Å²) in [6.07, 6.45) is -0.250. The van der Waals surface area contributed by atoms with Gasteiger partial charge >= 0.3 is 5.97 Å². The molecule has 1 fully saturated rings. The van der Waals surface area contributed by atoms with Crippen LogP contribution in [0.5, 0.6) is 0 Å². The largest absolute Gasteiger partial charge is 0.466 e. The number of nitrogens with one attached hydrogen (secondary N) is 1. The maximum atomic E-state index is 12.8. The summed E-state index contributed by atoms with van der Waals surface area (Å²) in [5, 5.41) is 12.3. The molecule has 0 spiro atoms. The standard InChI is InChI=1S/C15H18FNO4/c1-2-21-15(20)13-8-11(18)7-12(13)14(19)17-10-5-3-9(16)4-6-10/h3-6,11-13,18H,2,7-8H2,1H3,(H,17,19). The highest BCUT2D eigenvalue weighted by atomic mass is 19.1. The van der Waals surface area contributed by atoms with Crippen LogP contribution in [0, 0.1) is 17.7 Å². The zero-order valence-electron chi connectivity index (χ0n) is 11.7. The fraction of sp³-hybridized carbons (Fsp3) is 0.467. The Kier molecular flexibility index (Phi) is 4.90. The molecule has 1 aromatic rings. The van der Waals surface area contributed by atoms with Crippen LogP contribution in [0.3, 0.4) is 0 Å². The number of halogens is 1. The van der Waals surface area contributed by atoms with Gasteiger partial charge in [0.15, 0.2) is 0 Å². The van der Waals surface area contributed by atoms with E-state index in [0.717, 1.165) is 0 Å². The van der Waals surface area contributed by atoms with Crippen molar-refractivity contribution in [3.8, 4) is 0 Å². The Hall–Kier alpha value is -1.95. The molecule has 1 saturated carbocycles. The highest BCUT2D eigenvalue weighted by molar-refractivity contribution is 5.95. The van der Waals surface area contributed by atoms with Crippen molar-refractivity contribution >= 4 is 17.6 Å². The lowest BCUT2D eigenvalue weighted by molar-refractivity contribution is -0.151. The van der Waals surface area contributed by atoms with Crippen LogP contribution in [0.1, 0.15) is 19.8 Å². The van der Waals surface area contributed by atoms with Gasteiger partial charge in [0.05, 0.1) is 24.5 Å². The highest BCUT2D eigenvalue weighted by Crippen LogP contribution is 2.34. The highest BCUT2D eigenvalue weighted by Gasteiger charge is 2.43. The number of amides is 1. The van der Waals surface area contributed by atoms with Crippen molar-refractivity contribution < 1.29 is 23.8 Å². The Morgan fingerprint density at radius 1 is 1.29 bits per heavy atom. The third-order valence-corrected chi connectivity index (χ3v) is 3.58. The van der Waals surface area contributed by atoms with E-state index in [1.165, 1.54) is 24.3 Å². The van der Waals surface area contributed by atoms with Crippen LogP contribution >= 0.6 is 0 Å². The van der Waals surface area contributed by atoms with Crippen LogP contribution in [0.4, 0.5) is 10.1 Å². The van der Waals surface area contributed by atoms with E-state index in [9.17, 15) is 19.1 Å². The van der Waals surface area contributed by atoms with Gasteiger partial charge in [-0.1, -0.05) is 0 Å². The van der Waals surface area contributed by atoms with Gasteiger partial charge in [0, 0.05) is 5.69 Å². The molecule has 0 heterocycles. The van der Waals surface area contributed by atoms with Crippen molar-refractivity contribution in [2.45, 2.75) is 25.9 Å². The molecule has 0 bridgehead atoms. The number of ether oxygens (including phenoxy) is 1. The number of benzene rings is 1. The topological polar surface area (TPSA) is 75.6 Å². The molecule has 1 aliphatic rings. The smallest absolute Gasteiger partial charge is 0.309 e. The first-order valence-corrected chi connectivity index (χ1v) is 6.92. The average Bonchev–Trinajstić information content (AvgIpc) is 2.84. The van der Waals surface area contributed by atoms with Crippen molar-refractivity contribution in [3.63, 3.8) is 0 Å². The summed E-state index contributed by atoms with van der Waals surface area (Å²) < 4.78 is 17.8. The van der Waals surface area contributed by atoms with Crippen molar-refractivity contribution in [2.24, 2.45) is 11.8 Å². The van der Waals surface area contributed by atoms with Crippen LogP contribution in [0.25, 0.3) is 0 Å². The molecule has 0 aromatic heterocycles. The monoisotopic (exact) mass is 295 g/mol. The lowest BCUT2D eigenvalue weighted by Crippen LogP contribution is -2.31. The average molecular weight is 295 g/mol. The zero-order valence-corrected chi connectivity index (χ0v) is 11.7. The summed E-state index contributed by atoms with van der Waals surface area (Å²) in [6.45, 7) is 1.93. The Morgan fingerprint density at radius 2 is 1.90 bits per heavy atom. The number of rotatable bonds is 4. The van der Waals surface area contributed by atoms with Crippen LogP contribution in [-0.2, 0) is 14.3 Å². The van der Waals surface area contributed by atoms with E-state index in [1.807, 2.05) is 0 Å². The number of aliphatic hydroxyl groups is 1. The number of aliphatic hydroxyl groups excluding tert-OH is 1. The molecule has 0 saturated heterocycles. The number of carbonyl (C=O) groups is 2. The molecule has 114 valence electrons. The number of esters is 1. The predicted molar refractivity (Wildman–Crippen MR) is 73.9 cm³/mol. The maximum absolute atomic E-state index is 12.8. The van der Waals surface area contributed by atoms with Gasteiger partial charge in [-0.15, -0.1) is 0 Å². The Labute approximate surface area is 122 Å². The van der Waals surface area contributed by atoms with E-state index in [0.29, 0.717) is 5.69 Å². The minimum atomic E-state index is -0.691. The molecule has 3 unspecified atom stereocenters. The van der Waals surface area contributed by atoms with Gasteiger partial charge in [0.1, 0.15) is 5.82 Å². The van der Waals surface area contributed by atoms with Gasteiger partial charge in [0.25, 0.3) is 0 Å². The quantitative estimate of drug-likeness (QED) is 0.829. The summed E-state index contributed by atoms with van der Waals surface area (Å²) in [5.41, 5.74) is 0.449. The van der Waals surface area contributed by atoms with Crippen LogP contribution < -0.4 is 5.32 Å². The minimum absolute atomic E-state index is 0.219. The van der Waals surface area contributed by atoms with Crippen LogP contribution in [0.15, 0.2) is 24.3 Å². The SMILES string of the molecule is CCOC(=O)C1CC(O)CC1C(=O)Nc1ccc(F)cc1. The van der Waals surface area contributed by atoms with Crippen molar-refractivity contribution in [3.05, 3.63) is 30.1 Å². The number of carbonyl (C=O) groups excluding carboxylic acids is 2. The minimum Gasteiger partial charge on any atom is -0.466 e. The van der Waals surface area contributed by atoms with Crippen molar-refractivity contribution in [1.82, 2.24) is 0 Å². The number of hydrogen-bond donors (Lipinski definition) is 2. The molecular weight excluding hydrogens is 277 g/mol. The molecule has 1 amide bonds. The van der Waals surface area contributed by atoms with Gasteiger partial charge in [-0.05, 0) is 44.0 Å². The first-order valence-electron chi connectivity index (χ1n) is 6.92. The van der Waals surface area contributed by atoms with Crippen molar-refractivity contribution in [2.75, 3.05) is 11.9 Å². The molecule has 3 atom stereocenters. The van der Waals surface area contributed by atoms with Gasteiger partial charge in [0.2, 0.25) is 5.91 Å². The van der Waals surface area contributed by atoms with Gasteiger partial charge in [-0.3, -0.25) is 9.59 Å². The van der Waals surface area contributed by atoms with E-state index >= 15 is 0 Å². The molecule has 1 aromatic carbocycles. The molecule has 21 heavy (non-hydrogen) atoms. The fourth-order valence-corrected chi connectivity index (χ4v) is 2.58. The zero-order chi connectivity index (χ0) is 15.4. The molecule has 2 N–H and O–H groups in total. The summed E-state index contributed by atoms with van der Waals surface area (Å²) in [5.74, 6) is -2.50. The second-order valence-corrected chi connectivity index (χ2v) is 5.09. The summed E-state index contributed by atoms with van der Waals surface area (Å²) in [6, 6.07) is 5.36. The molecule has 2 rings (SSSR count). The van der Waals surface area contributed by atoms with Gasteiger partial charge < -0.3 is 15.2 Å². The molecule has 0 radical (unpaired) electrons. The maximum Gasteiger partial charge on any atom is 0.309 e. The molecule has 6 heteroatoms. The summed E-state index contributed by atoms with van der Waals surface area (Å²) in [7, 11) is 0. The Morgan fingerprint density at radius 3 is 2.52 bits per heavy atom. The molecule has 0 aliphatic heterocycles. The van der Waals surface area contributed by atoms with Crippen LogP contribution in [0.2, 0.25) is 0 Å². The summed E-state index contributed by atoms with van der Waals surface area (Å²) in [4.78, 5) is 24.1. The second kappa shape index (κ2) is 6.67. The van der Waals surface area contributed by atoms with E-state index in [4.69, 9.17) is 4.74 Å². The van der Waals surface area contributed by atoms with Crippen LogP contribution in [-0.4, -0.2) is 29.7 Å². The normalized spacial score (nSPS) is 24.6. The van der Waals surface area contributed by atoms with Crippen molar-refractivity contribution in [1.29, 1.82) is 0 Å². The summed E-state index contributed by atoms with van der Waals surface area (Å²) >= 11 is 0. The second-order valence-electron chi connectivity index (χ2n) is 5.09. The predicted octanol–water partition coefficient (Wildman–Crippen LogP) is 1.71.